The lowest BCUT2D eigenvalue weighted by atomic mass is 10.1. The second-order valence-electron chi connectivity index (χ2n) is 6.00. The highest BCUT2D eigenvalue weighted by atomic mass is 32.2. The average molecular weight is 364 g/mol. The third-order valence-electron chi connectivity index (χ3n) is 4.10. The Hall–Kier alpha value is -1.96. The second-order valence-corrected chi connectivity index (χ2v) is 7.91. The van der Waals surface area contributed by atoms with Gasteiger partial charge in [-0.1, -0.05) is 29.8 Å². The van der Waals surface area contributed by atoms with Gasteiger partial charge in [0.05, 0.1) is 13.2 Å². The Bertz CT molecular complexity index is 849. The van der Waals surface area contributed by atoms with Crippen LogP contribution in [0.3, 0.4) is 0 Å². The van der Waals surface area contributed by atoms with Gasteiger partial charge in [-0.2, -0.15) is 4.31 Å². The molecule has 0 bridgehead atoms. The number of ether oxygens (including phenoxy) is 1. The Kier molecular flexibility index (Phi) is 5.36. The molecule has 3 rings (SSSR count). The maximum Gasteiger partial charge on any atom is 0.246 e. The molecule has 1 saturated heterocycles. The first-order valence-electron chi connectivity index (χ1n) is 8.14. The summed E-state index contributed by atoms with van der Waals surface area (Å²) >= 11 is 0. The fraction of sp³-hybridized carbons (Fsp3) is 0.333. The first kappa shape index (κ1) is 17.8. The molecule has 1 N–H and O–H groups in total. The minimum Gasteiger partial charge on any atom is -0.381 e. The van der Waals surface area contributed by atoms with E-state index in [1.165, 1.54) is 16.4 Å². The fourth-order valence-corrected chi connectivity index (χ4v) is 4.26. The Morgan fingerprint density at radius 2 is 1.92 bits per heavy atom. The monoisotopic (exact) mass is 364 g/mol. The summed E-state index contributed by atoms with van der Waals surface area (Å²) < 4.78 is 46.0. The van der Waals surface area contributed by atoms with E-state index in [9.17, 15) is 12.8 Å². The number of benzene rings is 2. The molecule has 1 aliphatic rings. The molecule has 0 radical (unpaired) electrons. The van der Waals surface area contributed by atoms with Gasteiger partial charge < -0.3 is 10.1 Å². The molecule has 0 amide bonds. The zero-order chi connectivity index (χ0) is 17.9. The van der Waals surface area contributed by atoms with Gasteiger partial charge in [0, 0.05) is 25.3 Å². The minimum atomic E-state index is -3.87. The standard InChI is InChI=1S/C18H21FN2O3S/c1-14-3-2-4-15(11-14)13-20-16-5-6-17(19)18(12-16)25(22,23)21-7-9-24-10-8-21/h2-6,11-12,20H,7-10,13H2,1H3. The summed E-state index contributed by atoms with van der Waals surface area (Å²) in [5.74, 6) is -0.743. The van der Waals surface area contributed by atoms with Gasteiger partial charge in [-0.3, -0.25) is 0 Å². The topological polar surface area (TPSA) is 58.6 Å². The van der Waals surface area contributed by atoms with Crippen molar-refractivity contribution in [1.29, 1.82) is 0 Å². The average Bonchev–Trinajstić information content (AvgIpc) is 2.62. The number of nitrogens with zero attached hydrogens (tertiary/aromatic N) is 1. The summed E-state index contributed by atoms with van der Waals surface area (Å²) in [7, 11) is -3.87. The van der Waals surface area contributed by atoms with Gasteiger partial charge in [0.25, 0.3) is 0 Å². The van der Waals surface area contributed by atoms with Crippen LogP contribution in [0.2, 0.25) is 0 Å². The van der Waals surface area contributed by atoms with Crippen LogP contribution < -0.4 is 5.32 Å². The third-order valence-corrected chi connectivity index (χ3v) is 6.01. The van der Waals surface area contributed by atoms with E-state index in [1.54, 1.807) is 6.07 Å². The lowest BCUT2D eigenvalue weighted by Gasteiger charge is -2.26. The number of anilines is 1. The highest BCUT2D eigenvalue weighted by Gasteiger charge is 2.29. The summed E-state index contributed by atoms with van der Waals surface area (Å²) in [5.41, 5.74) is 2.78. The van der Waals surface area contributed by atoms with Crippen molar-refractivity contribution in [2.45, 2.75) is 18.4 Å². The molecule has 25 heavy (non-hydrogen) atoms. The van der Waals surface area contributed by atoms with Crippen molar-refractivity contribution >= 4 is 15.7 Å². The molecule has 1 heterocycles. The van der Waals surface area contributed by atoms with Crippen molar-refractivity contribution in [3.8, 4) is 0 Å². The van der Waals surface area contributed by atoms with Crippen LogP contribution in [-0.4, -0.2) is 39.0 Å². The van der Waals surface area contributed by atoms with E-state index in [1.807, 2.05) is 31.2 Å². The second kappa shape index (κ2) is 7.51. The van der Waals surface area contributed by atoms with Crippen LogP contribution in [0.1, 0.15) is 11.1 Å². The molecule has 1 fully saturated rings. The van der Waals surface area contributed by atoms with E-state index >= 15 is 0 Å². The van der Waals surface area contributed by atoms with Gasteiger partial charge in [-0.25, -0.2) is 12.8 Å². The molecular formula is C18H21FN2O3S. The predicted molar refractivity (Wildman–Crippen MR) is 94.5 cm³/mol. The van der Waals surface area contributed by atoms with E-state index < -0.39 is 15.8 Å². The molecule has 0 aliphatic carbocycles. The molecule has 2 aromatic carbocycles. The Morgan fingerprint density at radius 3 is 2.64 bits per heavy atom. The van der Waals surface area contributed by atoms with E-state index in [2.05, 4.69) is 5.32 Å². The lowest BCUT2D eigenvalue weighted by molar-refractivity contribution is 0.0729. The lowest BCUT2D eigenvalue weighted by Crippen LogP contribution is -2.40. The Balaban J connectivity index is 1.80. The van der Waals surface area contributed by atoms with E-state index in [0.29, 0.717) is 25.4 Å². The van der Waals surface area contributed by atoms with Crippen LogP contribution in [0.15, 0.2) is 47.4 Å². The van der Waals surface area contributed by atoms with Crippen molar-refractivity contribution in [1.82, 2.24) is 4.31 Å². The highest BCUT2D eigenvalue weighted by Crippen LogP contribution is 2.24. The zero-order valence-electron chi connectivity index (χ0n) is 14.0. The number of nitrogens with one attached hydrogen (secondary N) is 1. The molecule has 1 aliphatic heterocycles. The number of halogens is 1. The van der Waals surface area contributed by atoms with Crippen LogP contribution in [0.5, 0.6) is 0 Å². The SMILES string of the molecule is Cc1cccc(CNc2ccc(F)c(S(=O)(=O)N3CCOCC3)c2)c1. The van der Waals surface area contributed by atoms with E-state index in [4.69, 9.17) is 4.74 Å². The molecular weight excluding hydrogens is 343 g/mol. The summed E-state index contributed by atoms with van der Waals surface area (Å²) in [5, 5.41) is 3.16. The van der Waals surface area contributed by atoms with Gasteiger partial charge in [0.15, 0.2) is 0 Å². The molecule has 134 valence electrons. The maximum absolute atomic E-state index is 14.2. The van der Waals surface area contributed by atoms with Crippen LogP contribution in [0.25, 0.3) is 0 Å². The number of aryl methyl sites for hydroxylation is 1. The van der Waals surface area contributed by atoms with Gasteiger partial charge in [0.2, 0.25) is 10.0 Å². The molecule has 0 aromatic heterocycles. The van der Waals surface area contributed by atoms with Crippen molar-refractivity contribution in [3.05, 3.63) is 59.4 Å². The normalized spacial score (nSPS) is 15.9. The fourth-order valence-electron chi connectivity index (χ4n) is 2.76. The molecule has 7 heteroatoms. The highest BCUT2D eigenvalue weighted by molar-refractivity contribution is 7.89. The largest absolute Gasteiger partial charge is 0.381 e. The zero-order valence-corrected chi connectivity index (χ0v) is 14.9. The number of rotatable bonds is 5. The van der Waals surface area contributed by atoms with Crippen LogP contribution in [-0.2, 0) is 21.3 Å². The predicted octanol–water partition coefficient (Wildman–Crippen LogP) is 2.77. The van der Waals surface area contributed by atoms with Crippen molar-refractivity contribution in [2.75, 3.05) is 31.6 Å². The minimum absolute atomic E-state index is 0.239. The molecule has 0 atom stereocenters. The first-order chi connectivity index (χ1) is 12.0. The summed E-state index contributed by atoms with van der Waals surface area (Å²) in [4.78, 5) is -0.302. The number of hydrogen-bond donors (Lipinski definition) is 1. The third kappa shape index (κ3) is 4.18. The molecule has 0 saturated carbocycles. The number of morpholine rings is 1. The first-order valence-corrected chi connectivity index (χ1v) is 9.58. The summed E-state index contributed by atoms with van der Waals surface area (Å²) in [6, 6.07) is 12.1. The molecule has 0 spiro atoms. The number of sulfonamides is 1. The maximum atomic E-state index is 14.2. The Morgan fingerprint density at radius 1 is 1.16 bits per heavy atom. The van der Waals surface area contributed by atoms with Crippen LogP contribution in [0.4, 0.5) is 10.1 Å². The van der Waals surface area contributed by atoms with E-state index in [0.717, 1.165) is 11.1 Å². The van der Waals surface area contributed by atoms with Crippen molar-refractivity contribution in [2.24, 2.45) is 0 Å². The summed E-state index contributed by atoms with van der Waals surface area (Å²) in [6.45, 7) is 3.67. The molecule has 0 unspecified atom stereocenters. The van der Waals surface area contributed by atoms with Gasteiger partial charge >= 0.3 is 0 Å². The van der Waals surface area contributed by atoms with Crippen molar-refractivity contribution < 1.29 is 17.5 Å². The van der Waals surface area contributed by atoms with Gasteiger partial charge in [-0.05, 0) is 30.7 Å². The van der Waals surface area contributed by atoms with Gasteiger partial charge in [-0.15, -0.1) is 0 Å². The van der Waals surface area contributed by atoms with E-state index in [-0.39, 0.29) is 18.0 Å². The van der Waals surface area contributed by atoms with Crippen LogP contribution >= 0.6 is 0 Å². The molecule has 2 aromatic rings. The summed E-state index contributed by atoms with van der Waals surface area (Å²) in [6.07, 6.45) is 0. The van der Waals surface area contributed by atoms with Gasteiger partial charge in [0.1, 0.15) is 10.7 Å². The van der Waals surface area contributed by atoms with Crippen molar-refractivity contribution in [3.63, 3.8) is 0 Å². The number of hydrogen-bond acceptors (Lipinski definition) is 4. The smallest absolute Gasteiger partial charge is 0.246 e. The quantitative estimate of drug-likeness (QED) is 0.886. The van der Waals surface area contributed by atoms with Crippen LogP contribution in [0, 0.1) is 12.7 Å². The Labute approximate surface area is 147 Å². The molecule has 5 nitrogen and oxygen atoms in total.